The molecule has 0 unspecified atom stereocenters. The minimum atomic E-state index is 0.235. The van der Waals surface area contributed by atoms with Crippen LogP contribution >= 0.6 is 11.3 Å². The number of hydrogen-bond donors (Lipinski definition) is 1. The van der Waals surface area contributed by atoms with Gasteiger partial charge in [-0.05, 0) is 19.8 Å². The third-order valence-electron chi connectivity index (χ3n) is 2.03. The summed E-state index contributed by atoms with van der Waals surface area (Å²) in [6.07, 6.45) is 3.60. The van der Waals surface area contributed by atoms with Gasteiger partial charge in [-0.2, -0.15) is 0 Å². The summed E-state index contributed by atoms with van der Waals surface area (Å²) in [6.45, 7) is 2.02. The zero-order valence-corrected chi connectivity index (χ0v) is 8.10. The van der Waals surface area contributed by atoms with Crippen LogP contribution in [0.3, 0.4) is 0 Å². The Balaban J connectivity index is 2.03. The monoisotopic (exact) mass is 182 g/mol. The number of nitrogens with two attached hydrogens (primary N) is 1. The van der Waals surface area contributed by atoms with Crippen LogP contribution in [-0.4, -0.2) is 11.0 Å². The zero-order valence-electron chi connectivity index (χ0n) is 7.29. The Morgan fingerprint density at radius 2 is 2.50 bits per heavy atom. The number of nitrogens with zero attached hydrogens (tertiary/aromatic N) is 1. The molecule has 66 valence electrons. The molecule has 2 nitrogen and oxygen atoms in total. The number of thiazole rings is 1. The second-order valence-corrected chi connectivity index (χ2v) is 4.52. The summed E-state index contributed by atoms with van der Waals surface area (Å²) in [5.41, 5.74) is 6.87. The van der Waals surface area contributed by atoms with Crippen molar-refractivity contribution in [1.29, 1.82) is 0 Å². The zero-order chi connectivity index (χ0) is 8.55. The van der Waals surface area contributed by atoms with Crippen molar-refractivity contribution in [2.24, 2.45) is 5.73 Å². The first-order chi connectivity index (χ1) is 5.75. The second kappa shape index (κ2) is 3.15. The highest BCUT2D eigenvalue weighted by molar-refractivity contribution is 7.09. The lowest BCUT2D eigenvalue weighted by Crippen LogP contribution is -2.17. The summed E-state index contributed by atoms with van der Waals surface area (Å²) in [4.78, 5) is 4.55. The first-order valence-corrected chi connectivity index (χ1v) is 5.33. The molecular weight excluding hydrogens is 168 g/mol. The van der Waals surface area contributed by atoms with Crippen LogP contribution in [0.5, 0.6) is 0 Å². The van der Waals surface area contributed by atoms with Gasteiger partial charge in [0.1, 0.15) is 0 Å². The van der Waals surface area contributed by atoms with Gasteiger partial charge in [0.05, 0.1) is 10.7 Å². The van der Waals surface area contributed by atoms with Gasteiger partial charge in [0, 0.05) is 23.8 Å². The Morgan fingerprint density at radius 3 is 3.08 bits per heavy atom. The van der Waals surface area contributed by atoms with Crippen LogP contribution in [0, 0.1) is 0 Å². The normalized spacial score (nSPS) is 19.5. The molecule has 0 aliphatic heterocycles. The molecule has 1 fully saturated rings. The minimum Gasteiger partial charge on any atom is -0.328 e. The summed E-state index contributed by atoms with van der Waals surface area (Å²) < 4.78 is 0. The van der Waals surface area contributed by atoms with Gasteiger partial charge in [-0.25, -0.2) is 4.98 Å². The largest absolute Gasteiger partial charge is 0.328 e. The van der Waals surface area contributed by atoms with Crippen LogP contribution in [0.25, 0.3) is 0 Å². The molecule has 0 saturated heterocycles. The molecule has 1 heterocycles. The number of rotatable bonds is 3. The van der Waals surface area contributed by atoms with Gasteiger partial charge in [-0.15, -0.1) is 11.3 Å². The molecule has 1 saturated carbocycles. The van der Waals surface area contributed by atoms with E-state index in [0.717, 1.165) is 12.3 Å². The Bertz CT molecular complexity index is 263. The molecule has 0 spiro atoms. The summed E-state index contributed by atoms with van der Waals surface area (Å²) in [5.74, 6) is 0.789. The molecule has 1 aliphatic rings. The van der Waals surface area contributed by atoms with E-state index in [1.165, 1.54) is 23.5 Å². The minimum absolute atomic E-state index is 0.235. The fourth-order valence-electron chi connectivity index (χ4n) is 1.26. The van der Waals surface area contributed by atoms with Crippen molar-refractivity contribution in [2.75, 3.05) is 0 Å². The maximum absolute atomic E-state index is 5.69. The van der Waals surface area contributed by atoms with Gasteiger partial charge < -0.3 is 5.73 Å². The van der Waals surface area contributed by atoms with Crippen molar-refractivity contribution in [3.05, 3.63) is 16.1 Å². The SMILES string of the molecule is C[C@H](N)Cc1csc(C2CC2)n1. The van der Waals surface area contributed by atoms with Gasteiger partial charge in [0.2, 0.25) is 0 Å². The lowest BCUT2D eigenvalue weighted by Gasteiger charge is -1.99. The van der Waals surface area contributed by atoms with Gasteiger partial charge in [-0.3, -0.25) is 0 Å². The predicted octanol–water partition coefficient (Wildman–Crippen LogP) is 1.91. The summed E-state index contributed by atoms with van der Waals surface area (Å²) >= 11 is 1.80. The highest BCUT2D eigenvalue weighted by Crippen LogP contribution is 2.41. The van der Waals surface area contributed by atoms with Crippen LogP contribution in [-0.2, 0) is 6.42 Å². The average molecular weight is 182 g/mol. The standard InChI is InChI=1S/C9H14N2S/c1-6(10)4-8-5-12-9(11-8)7-2-3-7/h5-7H,2-4,10H2,1H3/t6-/m0/s1. The summed E-state index contributed by atoms with van der Waals surface area (Å²) in [5, 5.41) is 3.47. The van der Waals surface area contributed by atoms with E-state index in [1.54, 1.807) is 11.3 Å². The quantitative estimate of drug-likeness (QED) is 0.775. The van der Waals surface area contributed by atoms with E-state index in [0.29, 0.717) is 0 Å². The van der Waals surface area contributed by atoms with Gasteiger partial charge in [0.15, 0.2) is 0 Å². The molecule has 2 rings (SSSR count). The van der Waals surface area contributed by atoms with Crippen molar-refractivity contribution in [1.82, 2.24) is 4.98 Å². The smallest absolute Gasteiger partial charge is 0.0959 e. The molecular formula is C9H14N2S. The molecule has 0 aromatic carbocycles. The van der Waals surface area contributed by atoms with E-state index >= 15 is 0 Å². The van der Waals surface area contributed by atoms with E-state index in [4.69, 9.17) is 5.73 Å². The van der Waals surface area contributed by atoms with Gasteiger partial charge in [0.25, 0.3) is 0 Å². The maximum atomic E-state index is 5.69. The van der Waals surface area contributed by atoms with E-state index in [1.807, 2.05) is 6.92 Å². The molecule has 2 N–H and O–H groups in total. The molecule has 12 heavy (non-hydrogen) atoms. The van der Waals surface area contributed by atoms with E-state index in [2.05, 4.69) is 10.4 Å². The average Bonchev–Trinajstić information content (AvgIpc) is 2.73. The molecule has 1 aliphatic carbocycles. The van der Waals surface area contributed by atoms with Gasteiger partial charge in [-0.1, -0.05) is 0 Å². The highest BCUT2D eigenvalue weighted by Gasteiger charge is 2.26. The Labute approximate surface area is 76.8 Å². The summed E-state index contributed by atoms with van der Waals surface area (Å²) in [6, 6.07) is 0.235. The first kappa shape index (κ1) is 8.20. The fraction of sp³-hybridized carbons (Fsp3) is 0.667. The highest BCUT2D eigenvalue weighted by atomic mass is 32.1. The lowest BCUT2D eigenvalue weighted by atomic mass is 10.2. The summed E-state index contributed by atoms with van der Waals surface area (Å²) in [7, 11) is 0. The Kier molecular flexibility index (Phi) is 2.15. The van der Waals surface area contributed by atoms with Crippen molar-refractivity contribution in [3.8, 4) is 0 Å². The molecule has 0 amide bonds. The lowest BCUT2D eigenvalue weighted by molar-refractivity contribution is 0.723. The number of hydrogen-bond acceptors (Lipinski definition) is 3. The Morgan fingerprint density at radius 1 is 1.75 bits per heavy atom. The van der Waals surface area contributed by atoms with Crippen LogP contribution in [0.4, 0.5) is 0 Å². The van der Waals surface area contributed by atoms with Gasteiger partial charge >= 0.3 is 0 Å². The molecule has 1 aromatic heterocycles. The first-order valence-electron chi connectivity index (χ1n) is 4.45. The predicted molar refractivity (Wildman–Crippen MR) is 51.4 cm³/mol. The Hall–Kier alpha value is -0.410. The third kappa shape index (κ3) is 1.84. The molecule has 1 aromatic rings. The third-order valence-corrected chi connectivity index (χ3v) is 3.08. The van der Waals surface area contributed by atoms with Crippen LogP contribution in [0.2, 0.25) is 0 Å². The molecule has 1 atom stereocenters. The fourth-order valence-corrected chi connectivity index (χ4v) is 2.27. The van der Waals surface area contributed by atoms with E-state index < -0.39 is 0 Å². The topological polar surface area (TPSA) is 38.9 Å². The van der Waals surface area contributed by atoms with Crippen molar-refractivity contribution in [2.45, 2.75) is 38.1 Å². The van der Waals surface area contributed by atoms with Crippen LogP contribution < -0.4 is 5.73 Å². The maximum Gasteiger partial charge on any atom is 0.0959 e. The molecule has 0 bridgehead atoms. The number of aromatic nitrogens is 1. The second-order valence-electron chi connectivity index (χ2n) is 3.63. The van der Waals surface area contributed by atoms with Crippen LogP contribution in [0.1, 0.15) is 36.4 Å². The van der Waals surface area contributed by atoms with Crippen molar-refractivity contribution >= 4 is 11.3 Å². The molecule has 3 heteroatoms. The van der Waals surface area contributed by atoms with Crippen molar-refractivity contribution in [3.63, 3.8) is 0 Å². The van der Waals surface area contributed by atoms with E-state index in [-0.39, 0.29) is 6.04 Å². The van der Waals surface area contributed by atoms with E-state index in [9.17, 15) is 0 Å². The molecule has 0 radical (unpaired) electrons. The van der Waals surface area contributed by atoms with Crippen molar-refractivity contribution < 1.29 is 0 Å². The van der Waals surface area contributed by atoms with Crippen LogP contribution in [0.15, 0.2) is 5.38 Å².